The molecule has 2 unspecified atom stereocenters. The number of carbonyl (C=O) groups excluding carboxylic acids is 1. The Morgan fingerprint density at radius 3 is 2.85 bits per heavy atom. The number of allylic oxidation sites excluding steroid dienone is 2. The molecular formula is C25H30O2. The van der Waals surface area contributed by atoms with Crippen molar-refractivity contribution in [3.63, 3.8) is 0 Å². The van der Waals surface area contributed by atoms with Crippen LogP contribution in [0.25, 0.3) is 16.3 Å². The van der Waals surface area contributed by atoms with Crippen LogP contribution in [-0.4, -0.2) is 12.6 Å². The molecule has 2 aromatic rings. The van der Waals surface area contributed by atoms with Crippen LogP contribution < -0.4 is 0 Å². The summed E-state index contributed by atoms with van der Waals surface area (Å²) in [6.07, 6.45) is 9.79. The largest absolute Gasteiger partial charge is 0.462 e. The summed E-state index contributed by atoms with van der Waals surface area (Å²) in [4.78, 5) is 12.5. The van der Waals surface area contributed by atoms with Crippen molar-refractivity contribution in [2.45, 2.75) is 59.3 Å². The van der Waals surface area contributed by atoms with Crippen molar-refractivity contribution in [3.05, 3.63) is 53.1 Å². The van der Waals surface area contributed by atoms with Crippen LogP contribution in [0.4, 0.5) is 0 Å². The molecule has 27 heavy (non-hydrogen) atoms. The standard InChI is InChI=1S/C25H30O2/c1-4-14-25(3)15-13-19-18(16-25)10-9-17-11-12-22(24(26)27-5-2)21-8-6-7-20(19)23(17)21/h6-8,11-13,18H,4-5,9-10,14-16H2,1-3H3. The Morgan fingerprint density at radius 1 is 1.22 bits per heavy atom. The summed E-state index contributed by atoms with van der Waals surface area (Å²) in [5.41, 5.74) is 5.36. The first-order chi connectivity index (χ1) is 13.1. The molecule has 4 rings (SSSR count). The quantitative estimate of drug-likeness (QED) is 0.576. The molecule has 0 aromatic heterocycles. The van der Waals surface area contributed by atoms with Crippen LogP contribution in [0.5, 0.6) is 0 Å². The molecular weight excluding hydrogens is 332 g/mol. The molecule has 2 nitrogen and oxygen atoms in total. The fraction of sp³-hybridized carbons (Fsp3) is 0.480. The Hall–Kier alpha value is -2.09. The average Bonchev–Trinajstić information content (AvgIpc) is 2.80. The van der Waals surface area contributed by atoms with Crippen molar-refractivity contribution in [1.82, 2.24) is 0 Å². The van der Waals surface area contributed by atoms with Crippen molar-refractivity contribution < 1.29 is 9.53 Å². The number of carbonyl (C=O) groups is 1. The highest BCUT2D eigenvalue weighted by Crippen LogP contribution is 2.49. The molecule has 2 atom stereocenters. The lowest BCUT2D eigenvalue weighted by Crippen LogP contribution is -2.25. The fourth-order valence-corrected chi connectivity index (χ4v) is 5.35. The van der Waals surface area contributed by atoms with Gasteiger partial charge in [-0.2, -0.15) is 0 Å². The second-order valence-electron chi connectivity index (χ2n) is 8.58. The van der Waals surface area contributed by atoms with E-state index in [9.17, 15) is 4.79 Å². The molecule has 0 aliphatic heterocycles. The zero-order valence-corrected chi connectivity index (χ0v) is 16.8. The molecule has 0 amide bonds. The van der Waals surface area contributed by atoms with Gasteiger partial charge in [0.15, 0.2) is 0 Å². The molecule has 0 spiro atoms. The lowest BCUT2D eigenvalue weighted by Gasteiger charge is -2.38. The van der Waals surface area contributed by atoms with Crippen molar-refractivity contribution in [1.29, 1.82) is 0 Å². The van der Waals surface area contributed by atoms with E-state index in [-0.39, 0.29) is 5.97 Å². The fourth-order valence-electron chi connectivity index (χ4n) is 5.35. The van der Waals surface area contributed by atoms with E-state index in [1.165, 1.54) is 47.8 Å². The van der Waals surface area contributed by atoms with Crippen molar-refractivity contribution in [2.24, 2.45) is 11.3 Å². The Bertz CT molecular complexity index is 908. The maximum Gasteiger partial charge on any atom is 0.338 e. The topological polar surface area (TPSA) is 26.3 Å². The molecule has 0 N–H and O–H groups in total. The van der Waals surface area contributed by atoms with E-state index >= 15 is 0 Å². The minimum atomic E-state index is -0.213. The van der Waals surface area contributed by atoms with Crippen LogP contribution >= 0.6 is 0 Å². The predicted octanol–water partition coefficient (Wildman–Crippen LogP) is 6.56. The second kappa shape index (κ2) is 7.14. The Morgan fingerprint density at radius 2 is 2.07 bits per heavy atom. The van der Waals surface area contributed by atoms with Gasteiger partial charge in [0.1, 0.15) is 0 Å². The number of hydrogen-bond acceptors (Lipinski definition) is 2. The van der Waals surface area contributed by atoms with Crippen molar-refractivity contribution in [2.75, 3.05) is 6.61 Å². The maximum absolute atomic E-state index is 12.5. The summed E-state index contributed by atoms with van der Waals surface area (Å²) in [6.45, 7) is 7.02. The summed E-state index contributed by atoms with van der Waals surface area (Å²) >= 11 is 0. The summed E-state index contributed by atoms with van der Waals surface area (Å²) in [5.74, 6) is 0.412. The Kier molecular flexibility index (Phi) is 4.84. The number of esters is 1. The van der Waals surface area contributed by atoms with Crippen LogP contribution in [0.3, 0.4) is 0 Å². The third-order valence-corrected chi connectivity index (χ3v) is 6.54. The number of hydrogen-bond donors (Lipinski definition) is 0. The second-order valence-corrected chi connectivity index (χ2v) is 8.58. The van der Waals surface area contributed by atoms with Crippen LogP contribution in [-0.2, 0) is 11.2 Å². The minimum Gasteiger partial charge on any atom is -0.462 e. The molecule has 0 saturated carbocycles. The van der Waals surface area contributed by atoms with E-state index < -0.39 is 0 Å². The maximum atomic E-state index is 12.5. The van der Waals surface area contributed by atoms with Crippen LogP contribution in [0, 0.1) is 11.3 Å². The van der Waals surface area contributed by atoms with Gasteiger partial charge in [0, 0.05) is 0 Å². The highest BCUT2D eigenvalue weighted by molar-refractivity contribution is 6.09. The summed E-state index contributed by atoms with van der Waals surface area (Å²) < 4.78 is 5.31. The average molecular weight is 363 g/mol. The summed E-state index contributed by atoms with van der Waals surface area (Å²) in [6, 6.07) is 10.6. The third kappa shape index (κ3) is 3.20. The Balaban J connectivity index is 1.85. The molecule has 2 aliphatic rings. The van der Waals surface area contributed by atoms with Gasteiger partial charge in [-0.3, -0.25) is 0 Å². The van der Waals surface area contributed by atoms with Gasteiger partial charge in [-0.05, 0) is 83.9 Å². The molecule has 0 radical (unpaired) electrons. The van der Waals surface area contributed by atoms with Gasteiger partial charge in [0.2, 0.25) is 0 Å². The molecule has 2 aromatic carbocycles. The van der Waals surface area contributed by atoms with Gasteiger partial charge >= 0.3 is 5.97 Å². The molecule has 0 saturated heterocycles. The van der Waals surface area contributed by atoms with Gasteiger partial charge in [-0.25, -0.2) is 4.79 Å². The van der Waals surface area contributed by atoms with Crippen LogP contribution in [0.15, 0.2) is 36.4 Å². The number of aryl methyl sites for hydroxylation is 1. The SMILES string of the molecule is CCCC1(C)CC=C2c3cccc4c(C(=O)OCC)ccc(c34)CCC2C1. The third-order valence-electron chi connectivity index (χ3n) is 6.54. The first-order valence-corrected chi connectivity index (χ1v) is 10.5. The normalized spacial score (nSPS) is 24.1. The number of fused-ring (bicyclic) bond motifs is 2. The van der Waals surface area contributed by atoms with Gasteiger partial charge < -0.3 is 4.74 Å². The molecule has 0 heterocycles. The Labute approximate surface area is 162 Å². The van der Waals surface area contributed by atoms with Gasteiger partial charge in [-0.15, -0.1) is 0 Å². The number of ether oxygens (including phenoxy) is 1. The van der Waals surface area contributed by atoms with Crippen LogP contribution in [0.1, 0.15) is 74.4 Å². The monoisotopic (exact) mass is 362 g/mol. The van der Waals surface area contributed by atoms with Crippen LogP contribution in [0.2, 0.25) is 0 Å². The van der Waals surface area contributed by atoms with E-state index in [0.29, 0.717) is 23.5 Å². The molecule has 2 aliphatic carbocycles. The van der Waals surface area contributed by atoms with E-state index in [4.69, 9.17) is 4.74 Å². The smallest absolute Gasteiger partial charge is 0.338 e. The van der Waals surface area contributed by atoms with E-state index in [2.05, 4.69) is 44.2 Å². The van der Waals surface area contributed by atoms with Crippen molar-refractivity contribution >= 4 is 22.3 Å². The number of benzene rings is 2. The van der Waals surface area contributed by atoms with E-state index in [1.54, 1.807) is 0 Å². The summed E-state index contributed by atoms with van der Waals surface area (Å²) in [7, 11) is 0. The van der Waals surface area contributed by atoms with Gasteiger partial charge in [-0.1, -0.05) is 50.6 Å². The minimum absolute atomic E-state index is 0.213. The molecule has 142 valence electrons. The highest BCUT2D eigenvalue weighted by Gasteiger charge is 2.35. The first-order valence-electron chi connectivity index (χ1n) is 10.5. The van der Waals surface area contributed by atoms with Gasteiger partial charge in [0.05, 0.1) is 12.2 Å². The lowest BCUT2D eigenvalue weighted by molar-refractivity contribution is 0.0528. The summed E-state index contributed by atoms with van der Waals surface area (Å²) in [5, 5.41) is 2.32. The first kappa shape index (κ1) is 18.3. The molecule has 2 heteroatoms. The van der Waals surface area contributed by atoms with Gasteiger partial charge in [0.25, 0.3) is 0 Å². The lowest BCUT2D eigenvalue weighted by atomic mass is 9.67. The molecule has 0 fully saturated rings. The van der Waals surface area contributed by atoms with E-state index in [1.807, 2.05) is 13.0 Å². The van der Waals surface area contributed by atoms with Crippen molar-refractivity contribution in [3.8, 4) is 0 Å². The predicted molar refractivity (Wildman–Crippen MR) is 112 cm³/mol. The zero-order valence-electron chi connectivity index (χ0n) is 16.8. The highest BCUT2D eigenvalue weighted by atomic mass is 16.5. The number of rotatable bonds is 4. The van der Waals surface area contributed by atoms with E-state index in [0.717, 1.165) is 18.2 Å². The zero-order chi connectivity index (χ0) is 19.0. The molecule has 0 bridgehead atoms.